The van der Waals surface area contributed by atoms with Crippen LogP contribution in [0.3, 0.4) is 0 Å². The summed E-state index contributed by atoms with van der Waals surface area (Å²) in [6.07, 6.45) is 8.27. The van der Waals surface area contributed by atoms with Crippen molar-refractivity contribution in [2.45, 2.75) is 52.0 Å². The SMILES string of the molecule is CCC1CCCCC1C(NN)c1occc1C. The molecule has 0 bridgehead atoms. The summed E-state index contributed by atoms with van der Waals surface area (Å²) in [6.45, 7) is 4.37. The molecule has 17 heavy (non-hydrogen) atoms. The Balaban J connectivity index is 2.19. The van der Waals surface area contributed by atoms with Gasteiger partial charge in [-0.1, -0.05) is 32.6 Å². The molecule has 96 valence electrons. The van der Waals surface area contributed by atoms with Crippen molar-refractivity contribution in [3.8, 4) is 0 Å². The van der Waals surface area contributed by atoms with E-state index in [4.69, 9.17) is 10.3 Å². The molecule has 1 aliphatic carbocycles. The molecule has 0 aromatic carbocycles. The van der Waals surface area contributed by atoms with Crippen molar-refractivity contribution in [3.63, 3.8) is 0 Å². The Labute approximate surface area is 104 Å². The van der Waals surface area contributed by atoms with Gasteiger partial charge < -0.3 is 4.42 Å². The first-order chi connectivity index (χ1) is 8.27. The molecule has 3 N–H and O–H groups in total. The Morgan fingerprint density at radius 2 is 2.24 bits per heavy atom. The third kappa shape index (κ3) is 2.55. The minimum Gasteiger partial charge on any atom is -0.467 e. The van der Waals surface area contributed by atoms with Crippen molar-refractivity contribution in [3.05, 3.63) is 23.7 Å². The predicted molar refractivity (Wildman–Crippen MR) is 69.2 cm³/mol. The van der Waals surface area contributed by atoms with Crippen molar-refractivity contribution in [2.75, 3.05) is 0 Å². The summed E-state index contributed by atoms with van der Waals surface area (Å²) in [4.78, 5) is 0. The number of hydrogen-bond donors (Lipinski definition) is 2. The van der Waals surface area contributed by atoms with Gasteiger partial charge in [-0.25, -0.2) is 5.43 Å². The number of furan rings is 1. The molecule has 2 rings (SSSR count). The van der Waals surface area contributed by atoms with Gasteiger partial charge in [0.1, 0.15) is 5.76 Å². The average molecular weight is 236 g/mol. The normalized spacial score (nSPS) is 27.0. The molecule has 1 aromatic rings. The van der Waals surface area contributed by atoms with Crippen LogP contribution in [0.4, 0.5) is 0 Å². The number of aryl methyl sites for hydroxylation is 1. The van der Waals surface area contributed by atoms with Gasteiger partial charge in [0, 0.05) is 0 Å². The lowest BCUT2D eigenvalue weighted by molar-refractivity contribution is 0.161. The zero-order chi connectivity index (χ0) is 12.3. The Morgan fingerprint density at radius 1 is 1.47 bits per heavy atom. The molecule has 1 heterocycles. The van der Waals surface area contributed by atoms with Crippen molar-refractivity contribution >= 4 is 0 Å². The van der Waals surface area contributed by atoms with Crippen molar-refractivity contribution < 1.29 is 4.42 Å². The van der Waals surface area contributed by atoms with Gasteiger partial charge in [0.05, 0.1) is 12.3 Å². The Hall–Kier alpha value is -0.800. The van der Waals surface area contributed by atoms with E-state index in [1.54, 1.807) is 6.26 Å². The van der Waals surface area contributed by atoms with Gasteiger partial charge in [0.25, 0.3) is 0 Å². The molecular weight excluding hydrogens is 212 g/mol. The second-order valence-corrected chi connectivity index (χ2v) is 5.23. The average Bonchev–Trinajstić information content (AvgIpc) is 2.78. The summed E-state index contributed by atoms with van der Waals surface area (Å²) in [6, 6.07) is 2.19. The van der Waals surface area contributed by atoms with Gasteiger partial charge >= 0.3 is 0 Å². The summed E-state index contributed by atoms with van der Waals surface area (Å²) >= 11 is 0. The molecule has 0 saturated heterocycles. The molecule has 3 heteroatoms. The molecule has 0 aliphatic heterocycles. The first-order valence-corrected chi connectivity index (χ1v) is 6.78. The van der Waals surface area contributed by atoms with Gasteiger partial charge in [-0.05, 0) is 36.8 Å². The summed E-state index contributed by atoms with van der Waals surface area (Å²) in [5.41, 5.74) is 4.19. The fourth-order valence-electron chi connectivity index (χ4n) is 3.28. The molecule has 1 saturated carbocycles. The van der Waals surface area contributed by atoms with E-state index >= 15 is 0 Å². The van der Waals surface area contributed by atoms with Gasteiger partial charge in [0.2, 0.25) is 0 Å². The highest BCUT2D eigenvalue weighted by Gasteiger charge is 2.33. The van der Waals surface area contributed by atoms with Crippen LogP contribution >= 0.6 is 0 Å². The topological polar surface area (TPSA) is 51.2 Å². The molecule has 0 radical (unpaired) electrons. The van der Waals surface area contributed by atoms with Crippen LogP contribution in [-0.4, -0.2) is 0 Å². The van der Waals surface area contributed by atoms with Gasteiger partial charge in [0.15, 0.2) is 0 Å². The summed E-state index contributed by atoms with van der Waals surface area (Å²) in [5, 5.41) is 0. The first-order valence-electron chi connectivity index (χ1n) is 6.78. The van der Waals surface area contributed by atoms with Crippen LogP contribution in [0.5, 0.6) is 0 Å². The molecular formula is C14H24N2O. The van der Waals surface area contributed by atoms with Crippen LogP contribution in [0.1, 0.15) is 56.4 Å². The predicted octanol–water partition coefficient (Wildman–Crippen LogP) is 3.31. The lowest BCUT2D eigenvalue weighted by atomic mass is 9.73. The largest absolute Gasteiger partial charge is 0.467 e. The summed E-state index contributed by atoms with van der Waals surface area (Å²) < 4.78 is 5.62. The third-order valence-electron chi connectivity index (χ3n) is 4.28. The molecule has 3 atom stereocenters. The quantitative estimate of drug-likeness (QED) is 0.623. The molecule has 1 aromatic heterocycles. The summed E-state index contributed by atoms with van der Waals surface area (Å²) in [7, 11) is 0. The monoisotopic (exact) mass is 236 g/mol. The lowest BCUT2D eigenvalue weighted by Gasteiger charge is -2.35. The highest BCUT2D eigenvalue weighted by Crippen LogP contribution is 2.40. The number of hydrogen-bond acceptors (Lipinski definition) is 3. The molecule has 0 spiro atoms. The Morgan fingerprint density at radius 3 is 2.82 bits per heavy atom. The Bertz CT molecular complexity index is 348. The van der Waals surface area contributed by atoms with Gasteiger partial charge in [-0.15, -0.1) is 0 Å². The molecule has 3 unspecified atom stereocenters. The molecule has 1 aliphatic rings. The van der Waals surface area contributed by atoms with E-state index in [2.05, 4.69) is 19.3 Å². The lowest BCUT2D eigenvalue weighted by Crippen LogP contribution is -2.38. The van der Waals surface area contributed by atoms with Gasteiger partial charge in [-0.3, -0.25) is 5.84 Å². The van der Waals surface area contributed by atoms with Crippen LogP contribution in [-0.2, 0) is 0 Å². The van der Waals surface area contributed by atoms with E-state index in [9.17, 15) is 0 Å². The fourth-order valence-corrected chi connectivity index (χ4v) is 3.28. The van der Waals surface area contributed by atoms with Crippen LogP contribution in [0, 0.1) is 18.8 Å². The Kier molecular flexibility index (Phi) is 4.24. The zero-order valence-corrected chi connectivity index (χ0v) is 10.9. The van der Waals surface area contributed by atoms with E-state index < -0.39 is 0 Å². The third-order valence-corrected chi connectivity index (χ3v) is 4.28. The highest BCUT2D eigenvalue weighted by atomic mass is 16.3. The van der Waals surface area contributed by atoms with E-state index in [1.165, 1.54) is 37.7 Å². The molecule has 3 nitrogen and oxygen atoms in total. The van der Waals surface area contributed by atoms with Crippen LogP contribution in [0.25, 0.3) is 0 Å². The number of rotatable bonds is 4. The number of nitrogens with one attached hydrogen (secondary N) is 1. The van der Waals surface area contributed by atoms with Crippen molar-refractivity contribution in [1.82, 2.24) is 5.43 Å². The fraction of sp³-hybridized carbons (Fsp3) is 0.714. The minimum atomic E-state index is 0.176. The van der Waals surface area contributed by atoms with Crippen LogP contribution in [0.2, 0.25) is 0 Å². The zero-order valence-electron chi connectivity index (χ0n) is 10.9. The summed E-state index contributed by atoms with van der Waals surface area (Å²) in [5.74, 6) is 8.18. The number of hydrazine groups is 1. The van der Waals surface area contributed by atoms with E-state index in [-0.39, 0.29) is 6.04 Å². The van der Waals surface area contributed by atoms with E-state index in [0.717, 1.165) is 11.7 Å². The van der Waals surface area contributed by atoms with Crippen LogP contribution in [0.15, 0.2) is 16.7 Å². The van der Waals surface area contributed by atoms with Crippen LogP contribution < -0.4 is 11.3 Å². The smallest absolute Gasteiger partial charge is 0.125 e. The molecule has 1 fully saturated rings. The maximum Gasteiger partial charge on any atom is 0.125 e. The second-order valence-electron chi connectivity index (χ2n) is 5.23. The highest BCUT2D eigenvalue weighted by molar-refractivity contribution is 5.19. The van der Waals surface area contributed by atoms with Crippen molar-refractivity contribution in [1.29, 1.82) is 0 Å². The van der Waals surface area contributed by atoms with Gasteiger partial charge in [-0.2, -0.15) is 0 Å². The maximum absolute atomic E-state index is 5.77. The second kappa shape index (κ2) is 5.69. The van der Waals surface area contributed by atoms with Crippen molar-refractivity contribution in [2.24, 2.45) is 17.7 Å². The minimum absolute atomic E-state index is 0.176. The first kappa shape index (κ1) is 12.7. The van der Waals surface area contributed by atoms with E-state index in [0.29, 0.717) is 5.92 Å². The van der Waals surface area contributed by atoms with E-state index in [1.807, 2.05) is 6.07 Å². The molecule has 0 amide bonds. The number of nitrogens with two attached hydrogens (primary N) is 1. The standard InChI is InChI=1S/C14H24N2O/c1-3-11-6-4-5-7-12(11)13(16-15)14-10(2)8-9-17-14/h8-9,11-13,16H,3-7,15H2,1-2H3. The maximum atomic E-state index is 5.77.